The lowest BCUT2D eigenvalue weighted by molar-refractivity contribution is -0.137. The Hall–Kier alpha value is -5.22. The van der Waals surface area contributed by atoms with Crippen LogP contribution in [-0.2, 0) is 29.3 Å². The molecule has 4 atom stereocenters. The van der Waals surface area contributed by atoms with E-state index in [0.29, 0.717) is 60.0 Å². The van der Waals surface area contributed by atoms with Crippen molar-refractivity contribution in [2.45, 2.75) is 95.0 Å². The number of halogens is 1. The third-order valence-corrected chi connectivity index (χ3v) is 13.8. The van der Waals surface area contributed by atoms with Crippen molar-refractivity contribution in [2.24, 2.45) is 0 Å². The van der Waals surface area contributed by atoms with Crippen LogP contribution in [0.3, 0.4) is 0 Å². The van der Waals surface area contributed by atoms with E-state index in [4.69, 9.17) is 21.1 Å². The molecule has 1 unspecified atom stereocenters. The number of urea groups is 1. The summed E-state index contributed by atoms with van der Waals surface area (Å²) in [6.45, 7) is 4.61. The second-order valence-corrected chi connectivity index (χ2v) is 17.9. The molecule has 4 aromatic rings. The van der Waals surface area contributed by atoms with Gasteiger partial charge in [0.15, 0.2) is 0 Å². The number of likely N-dealkylation sites (N-methyl/N-ethyl adjacent to an activating group) is 1. The molecule has 3 fully saturated rings. The Bertz CT molecular complexity index is 2220. The van der Waals surface area contributed by atoms with Crippen LogP contribution in [-0.4, -0.2) is 83.5 Å². The van der Waals surface area contributed by atoms with Crippen LogP contribution in [0.15, 0.2) is 84.9 Å². The van der Waals surface area contributed by atoms with Crippen molar-refractivity contribution in [3.8, 4) is 28.7 Å². The number of hydrogen-bond donors (Lipinski definition) is 3. The number of rotatable bonds is 18. The van der Waals surface area contributed by atoms with Crippen molar-refractivity contribution >= 4 is 41.2 Å². The molecule has 3 saturated heterocycles. The molecule has 0 aliphatic carbocycles. The topological polar surface area (TPSA) is 136 Å². The lowest BCUT2D eigenvalue weighted by atomic mass is 9.97. The first-order valence-corrected chi connectivity index (χ1v) is 22.7. The molecule has 13 heteroatoms. The molecule has 4 amide bonds. The minimum atomic E-state index is -0.336. The lowest BCUT2D eigenvalue weighted by Gasteiger charge is -2.37. The first-order valence-electron chi connectivity index (χ1n) is 21.3. The summed E-state index contributed by atoms with van der Waals surface area (Å²) in [5.41, 5.74) is 6.71. The highest BCUT2D eigenvalue weighted by Crippen LogP contribution is 2.37. The summed E-state index contributed by atoms with van der Waals surface area (Å²) >= 11 is 8.86. The Morgan fingerprint density at radius 1 is 0.967 bits per heavy atom. The Kier molecular flexibility index (Phi) is 15.1. The summed E-state index contributed by atoms with van der Waals surface area (Å²) in [6.07, 6.45) is 5.74. The fourth-order valence-corrected chi connectivity index (χ4v) is 10.3. The van der Waals surface area contributed by atoms with Crippen molar-refractivity contribution in [2.75, 3.05) is 32.4 Å². The number of piperidine rings is 1. The van der Waals surface area contributed by atoms with Gasteiger partial charge in [0.2, 0.25) is 11.8 Å². The molecule has 3 aliphatic heterocycles. The molecule has 0 bridgehead atoms. The Morgan fingerprint density at radius 2 is 1.79 bits per heavy atom. The van der Waals surface area contributed by atoms with Crippen molar-refractivity contribution in [3.05, 3.63) is 118 Å². The maximum Gasteiger partial charge on any atom is 0.315 e. The molecule has 7 rings (SSSR count). The monoisotopic (exact) mass is 862 g/mol. The summed E-state index contributed by atoms with van der Waals surface area (Å²) in [4.78, 5) is 42.3. The van der Waals surface area contributed by atoms with E-state index in [-0.39, 0.29) is 42.6 Å². The van der Waals surface area contributed by atoms with Gasteiger partial charge in [0.1, 0.15) is 24.7 Å². The number of benzene rings is 4. The SMILES string of the molecule is Cc1c(COc2cc(OCc3cccc(C#N)c3)c(CN3CCCCC3C(=O)N(C)CCNC(=O)CCCC[C@@H]3SC[C@@H]4NC(=O)N[C@@H]43)cc2Cl)cccc1-c1ccccc1. The second-order valence-electron chi connectivity index (χ2n) is 16.2. The van der Waals surface area contributed by atoms with Gasteiger partial charge in [-0.15, -0.1) is 0 Å². The molecule has 0 spiro atoms. The number of fused-ring (bicyclic) bond motifs is 1. The van der Waals surface area contributed by atoms with Crippen LogP contribution in [0.1, 0.15) is 72.8 Å². The normalized spacial score (nSPS) is 19.6. The van der Waals surface area contributed by atoms with Crippen molar-refractivity contribution in [3.63, 3.8) is 0 Å². The van der Waals surface area contributed by atoms with Crippen molar-refractivity contribution in [1.82, 2.24) is 25.8 Å². The third-order valence-electron chi connectivity index (χ3n) is 12.0. The number of nitriles is 1. The number of carbonyl (C=O) groups is 3. The summed E-state index contributed by atoms with van der Waals surface area (Å²) in [7, 11) is 1.80. The number of unbranched alkanes of at least 4 members (excludes halogenated alkanes) is 1. The van der Waals surface area contributed by atoms with E-state index in [0.717, 1.165) is 84.2 Å². The summed E-state index contributed by atoms with van der Waals surface area (Å²) in [5.74, 6) is 2.02. The van der Waals surface area contributed by atoms with Gasteiger partial charge in [-0.1, -0.05) is 85.1 Å². The zero-order valence-electron chi connectivity index (χ0n) is 35.0. The van der Waals surface area contributed by atoms with Crippen LogP contribution < -0.4 is 25.4 Å². The van der Waals surface area contributed by atoms with Crippen LogP contribution in [0, 0.1) is 18.3 Å². The van der Waals surface area contributed by atoms with Gasteiger partial charge in [-0.05, 0) is 85.2 Å². The predicted molar refractivity (Wildman–Crippen MR) is 241 cm³/mol. The van der Waals surface area contributed by atoms with Crippen LogP contribution in [0.4, 0.5) is 4.79 Å². The molecule has 11 nitrogen and oxygen atoms in total. The standard InChI is InChI=1S/C48H55ClN6O5S/c1-32-36(16-11-17-38(32)35-14-4-3-5-15-35)30-60-43-26-42(59-29-34-13-10-12-33(24-34)27-50)37(25-39(43)49)28-55-22-9-8-18-41(55)47(57)54(2)23-21-51-45(56)20-7-6-19-44-46-40(31-61-44)52-48(58)53-46/h3-5,10-17,24-26,40-41,44,46H,6-9,18-23,28-31H2,1-2H3,(H,51,56)(H2,52,53,58)/t40-,41?,44-,46-/m0/s1. The van der Waals surface area contributed by atoms with Gasteiger partial charge >= 0.3 is 6.03 Å². The molecule has 0 radical (unpaired) electrons. The predicted octanol–water partition coefficient (Wildman–Crippen LogP) is 8.00. The van der Waals surface area contributed by atoms with Gasteiger partial charge < -0.3 is 30.3 Å². The van der Waals surface area contributed by atoms with Gasteiger partial charge in [0.05, 0.1) is 34.8 Å². The maximum atomic E-state index is 14.0. The molecule has 3 heterocycles. The maximum absolute atomic E-state index is 14.0. The van der Waals surface area contributed by atoms with E-state index in [1.807, 2.05) is 66.4 Å². The Morgan fingerprint density at radius 3 is 2.62 bits per heavy atom. The zero-order valence-corrected chi connectivity index (χ0v) is 36.5. The molecule has 3 aliphatic rings. The number of nitrogens with one attached hydrogen (secondary N) is 3. The van der Waals surface area contributed by atoms with E-state index >= 15 is 0 Å². The number of likely N-dealkylation sites (tertiary alicyclic amines) is 1. The molecule has 320 valence electrons. The molecule has 3 N–H and O–H groups in total. The Labute approximate surface area is 368 Å². The minimum Gasteiger partial charge on any atom is -0.488 e. The smallest absolute Gasteiger partial charge is 0.315 e. The van der Waals surface area contributed by atoms with E-state index in [9.17, 15) is 19.6 Å². The fraction of sp³-hybridized carbons (Fsp3) is 0.417. The minimum absolute atomic E-state index is 0.0139. The molecular formula is C48H55ClN6O5S. The lowest BCUT2D eigenvalue weighted by Crippen LogP contribution is -2.50. The van der Waals surface area contributed by atoms with Crippen LogP contribution in [0.2, 0.25) is 5.02 Å². The number of ether oxygens (including phenoxy) is 2. The number of nitrogens with zero attached hydrogens (tertiary/aromatic N) is 3. The molecule has 61 heavy (non-hydrogen) atoms. The average Bonchev–Trinajstić information content (AvgIpc) is 3.84. The highest BCUT2D eigenvalue weighted by Gasteiger charge is 2.42. The van der Waals surface area contributed by atoms with Gasteiger partial charge in [0, 0.05) is 55.7 Å². The van der Waals surface area contributed by atoms with Crippen LogP contribution >= 0.6 is 23.4 Å². The second kappa shape index (κ2) is 21.0. The quantitative estimate of drug-likeness (QED) is 0.0677. The first kappa shape index (κ1) is 43.9. The van der Waals surface area contributed by atoms with Gasteiger partial charge in [-0.25, -0.2) is 4.79 Å². The van der Waals surface area contributed by atoms with Gasteiger partial charge in [-0.2, -0.15) is 17.0 Å². The van der Waals surface area contributed by atoms with E-state index in [2.05, 4.69) is 58.1 Å². The molecule has 0 saturated carbocycles. The van der Waals surface area contributed by atoms with Crippen LogP contribution in [0.5, 0.6) is 11.5 Å². The molecule has 4 aromatic carbocycles. The zero-order chi connectivity index (χ0) is 42.7. The third kappa shape index (κ3) is 11.4. The number of carbonyl (C=O) groups excluding carboxylic acids is 3. The van der Waals surface area contributed by atoms with E-state index in [1.165, 1.54) is 0 Å². The van der Waals surface area contributed by atoms with Gasteiger partial charge in [-0.3, -0.25) is 14.5 Å². The van der Waals surface area contributed by atoms with E-state index in [1.54, 1.807) is 18.0 Å². The Balaban J connectivity index is 0.968. The van der Waals surface area contributed by atoms with Crippen LogP contribution in [0.25, 0.3) is 11.1 Å². The fourth-order valence-electron chi connectivity index (χ4n) is 8.53. The largest absolute Gasteiger partial charge is 0.488 e. The highest BCUT2D eigenvalue weighted by molar-refractivity contribution is 8.00. The number of amides is 4. The first-order chi connectivity index (χ1) is 29.7. The summed E-state index contributed by atoms with van der Waals surface area (Å²) in [5, 5.41) is 19.3. The van der Waals surface area contributed by atoms with Crippen molar-refractivity contribution in [1.29, 1.82) is 5.26 Å². The van der Waals surface area contributed by atoms with Gasteiger partial charge in [0.25, 0.3) is 0 Å². The average molecular weight is 864 g/mol. The highest BCUT2D eigenvalue weighted by atomic mass is 35.5. The summed E-state index contributed by atoms with van der Waals surface area (Å²) in [6, 6.07) is 29.7. The summed E-state index contributed by atoms with van der Waals surface area (Å²) < 4.78 is 12.9. The van der Waals surface area contributed by atoms with E-state index < -0.39 is 0 Å². The number of hydrogen-bond acceptors (Lipinski definition) is 8. The molecule has 0 aromatic heterocycles. The number of thioether (sulfide) groups is 1. The van der Waals surface area contributed by atoms with Crippen molar-refractivity contribution < 1.29 is 23.9 Å². The molecular weight excluding hydrogens is 808 g/mol.